The standard InChI is InChI=1S/C33H49F2N5O8/c1-47-20-22-14-37-33(38-15-22)39-7-5-21(6-8-39)4-2-3-9-48-24-10-26(34)25(27(35)11-24)12-30(44)40-17-23(18-40)13-36-16-28(42)31(45)32(46)29(43)19-41/h10-11,14-15,21,23,28-29,31-32,36,41-43,45-46H,2-9,12-13,16-20H2,1H3. The highest BCUT2D eigenvalue weighted by molar-refractivity contribution is 5.79. The van der Waals surface area contributed by atoms with E-state index in [0.717, 1.165) is 68.8 Å². The Morgan fingerprint density at radius 2 is 1.65 bits per heavy atom. The SMILES string of the molecule is COCc1cnc(N2CCC(CCCCOc3cc(F)c(CC(=O)N4CC(CNCC(O)C(O)C(O)C(O)CO)C4)c(F)c3)CC2)nc1. The van der Waals surface area contributed by atoms with Crippen LogP contribution in [0, 0.1) is 23.5 Å². The van der Waals surface area contributed by atoms with Crippen LogP contribution in [-0.4, -0.2) is 130 Å². The molecule has 4 atom stereocenters. The van der Waals surface area contributed by atoms with Gasteiger partial charge in [0.2, 0.25) is 11.9 Å². The maximum absolute atomic E-state index is 14.8. The van der Waals surface area contributed by atoms with Crippen LogP contribution in [0.25, 0.3) is 0 Å². The summed E-state index contributed by atoms with van der Waals surface area (Å²) >= 11 is 0. The van der Waals surface area contributed by atoms with Gasteiger partial charge in [-0.15, -0.1) is 0 Å². The van der Waals surface area contributed by atoms with Gasteiger partial charge < -0.3 is 50.1 Å². The lowest BCUT2D eigenvalue weighted by Gasteiger charge is -2.39. The fourth-order valence-electron chi connectivity index (χ4n) is 6.02. The Hall–Kier alpha value is -3.05. The zero-order chi connectivity index (χ0) is 34.6. The second kappa shape index (κ2) is 18.6. The lowest BCUT2D eigenvalue weighted by atomic mass is 9.92. The molecule has 2 aromatic rings. The fourth-order valence-corrected chi connectivity index (χ4v) is 6.02. The molecular weight excluding hydrogens is 632 g/mol. The van der Waals surface area contributed by atoms with Crippen molar-refractivity contribution >= 4 is 11.9 Å². The first-order valence-electron chi connectivity index (χ1n) is 16.6. The Morgan fingerprint density at radius 1 is 1.00 bits per heavy atom. The largest absolute Gasteiger partial charge is 0.493 e. The topological polar surface area (TPSA) is 181 Å². The number of rotatable bonds is 19. The van der Waals surface area contributed by atoms with Gasteiger partial charge in [0.15, 0.2) is 0 Å². The normalized spacial score (nSPS) is 18.3. The van der Waals surface area contributed by atoms with E-state index >= 15 is 0 Å². The molecule has 1 aromatic heterocycles. The molecule has 15 heteroatoms. The summed E-state index contributed by atoms with van der Waals surface area (Å²) in [6.45, 7) is 2.88. The van der Waals surface area contributed by atoms with Crippen LogP contribution in [0.3, 0.4) is 0 Å². The first-order chi connectivity index (χ1) is 23.1. The number of nitrogens with zero attached hydrogens (tertiary/aromatic N) is 4. The highest BCUT2D eigenvalue weighted by atomic mass is 19.1. The molecule has 2 saturated heterocycles. The van der Waals surface area contributed by atoms with E-state index in [1.165, 1.54) is 4.90 Å². The van der Waals surface area contributed by atoms with E-state index in [0.29, 0.717) is 38.8 Å². The lowest BCUT2D eigenvalue weighted by Crippen LogP contribution is -2.55. The molecule has 4 rings (SSSR count). The van der Waals surface area contributed by atoms with Crippen molar-refractivity contribution in [3.05, 3.63) is 47.3 Å². The predicted molar refractivity (Wildman–Crippen MR) is 171 cm³/mol. The third-order valence-corrected chi connectivity index (χ3v) is 9.04. The van der Waals surface area contributed by atoms with Gasteiger partial charge in [-0.3, -0.25) is 4.79 Å². The molecule has 2 aliphatic heterocycles. The number of likely N-dealkylation sites (tertiary alicyclic amines) is 1. The number of piperidine rings is 1. The van der Waals surface area contributed by atoms with Crippen LogP contribution >= 0.6 is 0 Å². The molecule has 268 valence electrons. The number of methoxy groups -OCH3 is 1. The average Bonchev–Trinajstić information content (AvgIpc) is 3.06. The van der Waals surface area contributed by atoms with Crippen LogP contribution in [0.15, 0.2) is 24.5 Å². The number of hydrogen-bond acceptors (Lipinski definition) is 12. The number of anilines is 1. The van der Waals surface area contributed by atoms with E-state index in [4.69, 9.17) is 14.6 Å². The van der Waals surface area contributed by atoms with Crippen LogP contribution in [0.1, 0.15) is 43.2 Å². The Morgan fingerprint density at radius 3 is 2.27 bits per heavy atom. The van der Waals surface area contributed by atoms with Crippen molar-refractivity contribution in [3.8, 4) is 5.75 Å². The molecule has 0 radical (unpaired) electrons. The second-order valence-electron chi connectivity index (χ2n) is 12.8. The first kappa shape index (κ1) is 37.8. The number of ether oxygens (including phenoxy) is 2. The van der Waals surface area contributed by atoms with E-state index in [2.05, 4.69) is 20.2 Å². The minimum absolute atomic E-state index is 0.0311. The van der Waals surface area contributed by atoms with Crippen LogP contribution < -0.4 is 15.0 Å². The number of aliphatic hydroxyl groups excluding tert-OH is 5. The summed E-state index contributed by atoms with van der Waals surface area (Å²) in [7, 11) is 1.64. The maximum Gasteiger partial charge on any atom is 0.227 e. The Bertz CT molecular complexity index is 1260. The third-order valence-electron chi connectivity index (χ3n) is 9.04. The molecule has 4 unspecified atom stereocenters. The molecule has 3 heterocycles. The number of amides is 1. The molecule has 13 nitrogen and oxygen atoms in total. The number of aromatic nitrogens is 2. The van der Waals surface area contributed by atoms with Crippen molar-refractivity contribution in [2.75, 3.05) is 64.5 Å². The van der Waals surface area contributed by atoms with Gasteiger partial charge in [-0.25, -0.2) is 18.7 Å². The molecule has 1 amide bonds. The zero-order valence-corrected chi connectivity index (χ0v) is 27.4. The van der Waals surface area contributed by atoms with E-state index in [1.807, 2.05) is 0 Å². The number of nitrogens with one attached hydrogen (secondary N) is 1. The molecule has 0 saturated carbocycles. The summed E-state index contributed by atoms with van der Waals surface area (Å²) in [6.07, 6.45) is 1.69. The highest BCUT2D eigenvalue weighted by Gasteiger charge is 2.33. The first-order valence-corrected chi connectivity index (χ1v) is 16.6. The summed E-state index contributed by atoms with van der Waals surface area (Å²) in [4.78, 5) is 25.2. The quantitative estimate of drug-likeness (QED) is 0.113. The summed E-state index contributed by atoms with van der Waals surface area (Å²) in [5, 5.41) is 50.7. The minimum atomic E-state index is -1.71. The van der Waals surface area contributed by atoms with Crippen LogP contribution in [0.4, 0.5) is 14.7 Å². The van der Waals surface area contributed by atoms with Crippen molar-refractivity contribution in [2.45, 2.75) is 69.5 Å². The van der Waals surface area contributed by atoms with Gasteiger partial charge in [0, 0.05) is 87.9 Å². The second-order valence-corrected chi connectivity index (χ2v) is 12.8. The summed E-state index contributed by atoms with van der Waals surface area (Å²) in [5.41, 5.74) is 0.632. The lowest BCUT2D eigenvalue weighted by molar-refractivity contribution is -0.136. The van der Waals surface area contributed by atoms with Crippen molar-refractivity contribution < 1.29 is 48.6 Å². The molecule has 1 aromatic carbocycles. The van der Waals surface area contributed by atoms with Crippen LogP contribution in [0.2, 0.25) is 0 Å². The van der Waals surface area contributed by atoms with Gasteiger partial charge in [-0.2, -0.15) is 0 Å². The summed E-state index contributed by atoms with van der Waals surface area (Å²) in [5.74, 6) is -0.615. The van der Waals surface area contributed by atoms with Gasteiger partial charge in [0.1, 0.15) is 35.7 Å². The van der Waals surface area contributed by atoms with Gasteiger partial charge in [-0.05, 0) is 31.6 Å². The van der Waals surface area contributed by atoms with E-state index in [9.17, 15) is 34.0 Å². The van der Waals surface area contributed by atoms with Crippen molar-refractivity contribution in [2.24, 2.45) is 11.8 Å². The molecule has 0 spiro atoms. The zero-order valence-electron chi connectivity index (χ0n) is 27.4. The van der Waals surface area contributed by atoms with Crippen LogP contribution in [0.5, 0.6) is 5.75 Å². The van der Waals surface area contributed by atoms with Gasteiger partial charge in [-0.1, -0.05) is 6.42 Å². The maximum atomic E-state index is 14.8. The number of unbranched alkanes of at least 4 members (excludes halogenated alkanes) is 1. The molecule has 48 heavy (non-hydrogen) atoms. The number of carbonyl (C=O) groups excluding carboxylic acids is 1. The number of aliphatic hydroxyl groups is 5. The summed E-state index contributed by atoms with van der Waals surface area (Å²) < 4.78 is 40.3. The Kier molecular flexibility index (Phi) is 14.7. The Labute approximate surface area is 279 Å². The predicted octanol–water partition coefficient (Wildman–Crippen LogP) is 0.393. The molecule has 2 fully saturated rings. The van der Waals surface area contributed by atoms with Crippen molar-refractivity contribution in [1.29, 1.82) is 0 Å². The molecule has 0 aliphatic carbocycles. The number of benzene rings is 1. The highest BCUT2D eigenvalue weighted by Crippen LogP contribution is 2.26. The summed E-state index contributed by atoms with van der Waals surface area (Å²) in [6, 6.07) is 2.23. The number of hydrogen-bond donors (Lipinski definition) is 6. The molecule has 0 bridgehead atoms. The molecular formula is C33H49F2N5O8. The van der Waals surface area contributed by atoms with Gasteiger partial charge >= 0.3 is 0 Å². The fraction of sp³-hybridized carbons (Fsp3) is 0.667. The monoisotopic (exact) mass is 681 g/mol. The smallest absolute Gasteiger partial charge is 0.227 e. The van der Waals surface area contributed by atoms with E-state index < -0.39 is 55.0 Å². The number of halogens is 2. The van der Waals surface area contributed by atoms with Gasteiger partial charge in [0.25, 0.3) is 0 Å². The van der Waals surface area contributed by atoms with E-state index in [1.54, 1.807) is 19.5 Å². The van der Waals surface area contributed by atoms with Crippen molar-refractivity contribution in [3.63, 3.8) is 0 Å². The molecule has 6 N–H and O–H groups in total. The third kappa shape index (κ3) is 10.7. The van der Waals surface area contributed by atoms with Crippen molar-refractivity contribution in [1.82, 2.24) is 20.2 Å². The number of carbonyl (C=O) groups is 1. The average molecular weight is 682 g/mol. The van der Waals surface area contributed by atoms with Gasteiger partial charge in [0.05, 0.1) is 32.3 Å². The molecule has 2 aliphatic rings. The van der Waals surface area contributed by atoms with Crippen LogP contribution in [-0.2, 0) is 22.6 Å². The Balaban J connectivity index is 1.09. The van der Waals surface area contributed by atoms with E-state index in [-0.39, 0.29) is 23.8 Å². The minimum Gasteiger partial charge on any atom is -0.493 e.